The molecule has 1 saturated heterocycles. The van der Waals surface area contributed by atoms with Gasteiger partial charge in [-0.25, -0.2) is 4.98 Å². The predicted octanol–water partition coefficient (Wildman–Crippen LogP) is 2.82. The van der Waals surface area contributed by atoms with E-state index < -0.39 is 0 Å². The van der Waals surface area contributed by atoms with Gasteiger partial charge < -0.3 is 4.74 Å². The molecule has 1 aliphatic heterocycles. The van der Waals surface area contributed by atoms with Crippen molar-refractivity contribution >= 4 is 11.3 Å². The summed E-state index contributed by atoms with van der Waals surface area (Å²) in [5.41, 5.74) is 3.13. The standard InChI is InChI=1S/C18H21N5OS/c1-13-19-9-16(25-13)11-23-5-6-24-18(12-23)17-4-3-14(7-20-17)15-8-21-22(2)10-15/h3-4,7-10,18H,5-6,11-12H2,1-2H3. The van der Waals surface area contributed by atoms with Gasteiger partial charge in [0.25, 0.3) is 0 Å². The topological polar surface area (TPSA) is 56.1 Å². The zero-order chi connectivity index (χ0) is 17.2. The van der Waals surface area contributed by atoms with Crippen LogP contribution in [-0.4, -0.2) is 44.3 Å². The second-order valence-corrected chi connectivity index (χ2v) is 7.63. The first kappa shape index (κ1) is 16.4. The number of pyridine rings is 1. The van der Waals surface area contributed by atoms with Gasteiger partial charge >= 0.3 is 0 Å². The van der Waals surface area contributed by atoms with Gasteiger partial charge in [-0.15, -0.1) is 11.3 Å². The van der Waals surface area contributed by atoms with Crippen LogP contribution in [-0.2, 0) is 18.3 Å². The number of rotatable bonds is 4. The smallest absolute Gasteiger partial charge is 0.112 e. The minimum atomic E-state index is 0.0192. The lowest BCUT2D eigenvalue weighted by Crippen LogP contribution is -2.37. The van der Waals surface area contributed by atoms with Crippen LogP contribution >= 0.6 is 11.3 Å². The summed E-state index contributed by atoms with van der Waals surface area (Å²) in [4.78, 5) is 12.7. The molecule has 0 radical (unpaired) electrons. The number of morpholine rings is 1. The lowest BCUT2D eigenvalue weighted by molar-refractivity contribution is -0.0346. The third-order valence-electron chi connectivity index (χ3n) is 4.35. The minimum Gasteiger partial charge on any atom is -0.369 e. The number of hydrogen-bond acceptors (Lipinski definition) is 6. The van der Waals surface area contributed by atoms with Gasteiger partial charge in [-0.3, -0.25) is 14.6 Å². The van der Waals surface area contributed by atoms with Crippen molar-refractivity contribution in [3.8, 4) is 11.1 Å². The quantitative estimate of drug-likeness (QED) is 0.720. The van der Waals surface area contributed by atoms with Crippen molar-refractivity contribution < 1.29 is 4.74 Å². The Bertz CT molecular complexity index is 841. The largest absolute Gasteiger partial charge is 0.369 e. The van der Waals surface area contributed by atoms with Gasteiger partial charge in [0, 0.05) is 61.3 Å². The van der Waals surface area contributed by atoms with Crippen LogP contribution in [0.15, 0.2) is 36.9 Å². The highest BCUT2D eigenvalue weighted by molar-refractivity contribution is 7.11. The summed E-state index contributed by atoms with van der Waals surface area (Å²) in [7, 11) is 1.92. The maximum Gasteiger partial charge on any atom is 0.112 e. The van der Waals surface area contributed by atoms with Crippen molar-refractivity contribution in [2.75, 3.05) is 19.7 Å². The molecule has 0 saturated carbocycles. The Hall–Kier alpha value is -2.09. The van der Waals surface area contributed by atoms with Crippen molar-refractivity contribution in [3.63, 3.8) is 0 Å². The zero-order valence-corrected chi connectivity index (χ0v) is 15.2. The highest BCUT2D eigenvalue weighted by atomic mass is 32.1. The van der Waals surface area contributed by atoms with Gasteiger partial charge in [-0.05, 0) is 13.0 Å². The summed E-state index contributed by atoms with van der Waals surface area (Å²) in [6.45, 7) is 5.51. The van der Waals surface area contributed by atoms with E-state index in [0.717, 1.165) is 48.1 Å². The van der Waals surface area contributed by atoms with E-state index in [1.165, 1.54) is 4.88 Å². The molecular formula is C18H21N5OS. The fraction of sp³-hybridized carbons (Fsp3) is 0.389. The molecule has 7 heteroatoms. The van der Waals surface area contributed by atoms with Crippen LogP contribution in [0, 0.1) is 6.92 Å². The monoisotopic (exact) mass is 355 g/mol. The normalized spacial score (nSPS) is 18.6. The Labute approximate surface area is 151 Å². The van der Waals surface area contributed by atoms with Crippen LogP contribution in [0.1, 0.15) is 21.7 Å². The molecule has 1 unspecified atom stereocenters. The van der Waals surface area contributed by atoms with Crippen molar-refractivity contribution in [3.05, 3.63) is 52.5 Å². The van der Waals surface area contributed by atoms with Crippen molar-refractivity contribution in [2.45, 2.75) is 19.6 Å². The molecule has 1 aliphatic rings. The summed E-state index contributed by atoms with van der Waals surface area (Å²) < 4.78 is 7.75. The highest BCUT2D eigenvalue weighted by Gasteiger charge is 2.23. The van der Waals surface area contributed by atoms with E-state index in [4.69, 9.17) is 4.74 Å². The molecular weight excluding hydrogens is 334 g/mol. The van der Waals surface area contributed by atoms with E-state index in [1.54, 1.807) is 16.0 Å². The van der Waals surface area contributed by atoms with Crippen molar-refractivity contribution in [1.29, 1.82) is 0 Å². The maximum atomic E-state index is 5.95. The Morgan fingerprint density at radius 3 is 2.80 bits per heavy atom. The van der Waals surface area contributed by atoms with Crippen molar-refractivity contribution in [1.82, 2.24) is 24.6 Å². The average molecular weight is 355 g/mol. The number of thiazole rings is 1. The van der Waals surface area contributed by atoms with Crippen LogP contribution in [0.2, 0.25) is 0 Å². The van der Waals surface area contributed by atoms with E-state index in [9.17, 15) is 0 Å². The maximum absolute atomic E-state index is 5.95. The number of aromatic nitrogens is 4. The number of aryl methyl sites for hydroxylation is 2. The highest BCUT2D eigenvalue weighted by Crippen LogP contribution is 2.25. The van der Waals surface area contributed by atoms with E-state index in [2.05, 4.69) is 32.1 Å². The second kappa shape index (κ2) is 7.03. The molecule has 25 heavy (non-hydrogen) atoms. The molecule has 4 rings (SSSR count). The van der Waals surface area contributed by atoms with Crippen LogP contribution in [0.5, 0.6) is 0 Å². The summed E-state index contributed by atoms with van der Waals surface area (Å²) in [6.07, 6.45) is 7.75. The molecule has 1 atom stereocenters. The van der Waals surface area contributed by atoms with E-state index in [0.29, 0.717) is 0 Å². The SMILES string of the molecule is Cc1ncc(CN2CCOC(c3ccc(-c4cnn(C)c4)cn3)C2)s1. The Morgan fingerprint density at radius 2 is 2.12 bits per heavy atom. The average Bonchev–Trinajstić information content (AvgIpc) is 3.24. The fourth-order valence-corrected chi connectivity index (χ4v) is 3.90. The summed E-state index contributed by atoms with van der Waals surface area (Å²) in [5.74, 6) is 0. The fourth-order valence-electron chi connectivity index (χ4n) is 3.06. The van der Waals surface area contributed by atoms with Crippen LogP contribution in [0.25, 0.3) is 11.1 Å². The number of hydrogen-bond donors (Lipinski definition) is 0. The molecule has 0 amide bonds. The second-order valence-electron chi connectivity index (χ2n) is 6.31. The minimum absolute atomic E-state index is 0.0192. The van der Waals surface area contributed by atoms with Gasteiger partial charge in [-0.2, -0.15) is 5.10 Å². The molecule has 0 spiro atoms. The predicted molar refractivity (Wildman–Crippen MR) is 97.3 cm³/mol. The molecule has 0 bridgehead atoms. The van der Waals surface area contributed by atoms with Crippen LogP contribution in [0.3, 0.4) is 0 Å². The van der Waals surface area contributed by atoms with Crippen LogP contribution < -0.4 is 0 Å². The van der Waals surface area contributed by atoms with Crippen molar-refractivity contribution in [2.24, 2.45) is 7.05 Å². The third kappa shape index (κ3) is 3.78. The van der Waals surface area contributed by atoms with Gasteiger partial charge in [-0.1, -0.05) is 6.07 Å². The molecule has 0 aliphatic carbocycles. The first-order chi connectivity index (χ1) is 12.2. The first-order valence-corrected chi connectivity index (χ1v) is 9.19. The molecule has 0 N–H and O–H groups in total. The Kier molecular flexibility index (Phi) is 4.61. The van der Waals surface area contributed by atoms with E-state index in [-0.39, 0.29) is 6.10 Å². The molecule has 3 aromatic rings. The van der Waals surface area contributed by atoms with Gasteiger partial charge in [0.15, 0.2) is 0 Å². The lowest BCUT2D eigenvalue weighted by atomic mass is 10.1. The Morgan fingerprint density at radius 1 is 1.20 bits per heavy atom. The lowest BCUT2D eigenvalue weighted by Gasteiger charge is -2.32. The molecule has 4 heterocycles. The first-order valence-electron chi connectivity index (χ1n) is 8.37. The Balaban J connectivity index is 1.44. The summed E-state index contributed by atoms with van der Waals surface area (Å²) in [5, 5.41) is 5.33. The zero-order valence-electron chi connectivity index (χ0n) is 14.4. The van der Waals surface area contributed by atoms with Gasteiger partial charge in [0.1, 0.15) is 6.10 Å². The van der Waals surface area contributed by atoms with Gasteiger partial charge in [0.05, 0.1) is 23.5 Å². The summed E-state index contributed by atoms with van der Waals surface area (Å²) in [6, 6.07) is 4.15. The molecule has 6 nitrogen and oxygen atoms in total. The molecule has 0 aromatic carbocycles. The molecule has 1 fully saturated rings. The van der Waals surface area contributed by atoms with Crippen LogP contribution in [0.4, 0.5) is 0 Å². The van der Waals surface area contributed by atoms with E-state index in [1.807, 2.05) is 38.8 Å². The van der Waals surface area contributed by atoms with Gasteiger partial charge in [0.2, 0.25) is 0 Å². The number of ether oxygens (including phenoxy) is 1. The third-order valence-corrected chi connectivity index (χ3v) is 5.25. The summed E-state index contributed by atoms with van der Waals surface area (Å²) >= 11 is 1.76. The number of nitrogens with zero attached hydrogens (tertiary/aromatic N) is 5. The molecule has 130 valence electrons. The van der Waals surface area contributed by atoms with E-state index >= 15 is 0 Å². The molecule has 3 aromatic heterocycles.